The number of hydrogen-bond donors (Lipinski definition) is 3. The van der Waals surface area contributed by atoms with Gasteiger partial charge < -0.3 is 20.5 Å². The molecule has 1 aliphatic heterocycles. The lowest BCUT2D eigenvalue weighted by atomic mass is 9.94. The van der Waals surface area contributed by atoms with E-state index in [1.165, 1.54) is 48.5 Å². The molecule has 1 fully saturated rings. The molecule has 4 aromatic rings. The van der Waals surface area contributed by atoms with E-state index in [4.69, 9.17) is 5.41 Å². The molecule has 2 unspecified atom stereocenters. The lowest BCUT2D eigenvalue weighted by Gasteiger charge is -2.25. The van der Waals surface area contributed by atoms with Crippen molar-refractivity contribution in [1.82, 2.24) is 14.9 Å². The molecule has 3 aromatic carbocycles. The Labute approximate surface area is 238 Å². The number of aromatic nitrogens is 2. The number of rotatable bonds is 6. The first-order valence-corrected chi connectivity index (χ1v) is 13.3. The molecule has 3 N–H and O–H groups in total. The van der Waals surface area contributed by atoms with Crippen molar-refractivity contribution in [2.24, 2.45) is 0 Å². The zero-order valence-corrected chi connectivity index (χ0v) is 23.5. The smallest absolute Gasteiger partial charge is 0.263 e. The third-order valence-electron chi connectivity index (χ3n) is 6.48. The first-order chi connectivity index (χ1) is 19.7. The van der Waals surface area contributed by atoms with Crippen molar-refractivity contribution in [2.45, 2.75) is 25.8 Å². The summed E-state index contributed by atoms with van der Waals surface area (Å²) in [4.78, 5) is 24.1. The molecule has 0 amide bonds. The SMILES string of the molecule is CC.CN(C)C1CN(c2nc(Nc3ccc(F)cc3)c(C=N)c(=O)[nH]2)CC1c1ccc(F)cc1.Fc1ccccc1. The fraction of sp³-hybridized carbons (Fsp3) is 0.258. The number of likely N-dealkylation sites (N-methyl/N-ethyl adjacent to an activating group) is 1. The molecule has 0 bridgehead atoms. The van der Waals surface area contributed by atoms with Crippen LogP contribution in [0.15, 0.2) is 83.7 Å². The van der Waals surface area contributed by atoms with Gasteiger partial charge in [0, 0.05) is 37.0 Å². The Kier molecular flexibility index (Phi) is 11.2. The maximum atomic E-state index is 13.4. The van der Waals surface area contributed by atoms with Crippen LogP contribution in [0.2, 0.25) is 0 Å². The summed E-state index contributed by atoms with van der Waals surface area (Å²) < 4.78 is 38.6. The molecule has 0 radical (unpaired) electrons. The number of benzene rings is 3. The van der Waals surface area contributed by atoms with Gasteiger partial charge in [0.15, 0.2) is 0 Å². The maximum absolute atomic E-state index is 13.4. The molecule has 1 saturated heterocycles. The number of H-pyrrole nitrogens is 1. The molecule has 0 aliphatic carbocycles. The first kappa shape index (κ1) is 31.1. The van der Waals surface area contributed by atoms with Gasteiger partial charge in [-0.1, -0.05) is 44.2 Å². The van der Waals surface area contributed by atoms with Gasteiger partial charge in [-0.15, -0.1) is 0 Å². The van der Waals surface area contributed by atoms with Crippen molar-refractivity contribution in [1.29, 1.82) is 5.41 Å². The van der Waals surface area contributed by atoms with Gasteiger partial charge in [0.25, 0.3) is 5.56 Å². The van der Waals surface area contributed by atoms with Gasteiger partial charge in [0.1, 0.15) is 28.8 Å². The lowest BCUT2D eigenvalue weighted by molar-refractivity contribution is 0.292. The van der Waals surface area contributed by atoms with Crippen LogP contribution in [0.5, 0.6) is 0 Å². The molecular weight excluding hydrogens is 529 g/mol. The Morgan fingerprint density at radius 1 is 0.902 bits per heavy atom. The van der Waals surface area contributed by atoms with Crippen LogP contribution in [0.25, 0.3) is 0 Å². The average Bonchev–Trinajstić information content (AvgIpc) is 3.43. The second-order valence-corrected chi connectivity index (χ2v) is 9.32. The van der Waals surface area contributed by atoms with E-state index >= 15 is 0 Å². The van der Waals surface area contributed by atoms with E-state index in [2.05, 4.69) is 20.2 Å². The van der Waals surface area contributed by atoms with Crippen LogP contribution in [0, 0.1) is 22.9 Å². The van der Waals surface area contributed by atoms with Crippen molar-refractivity contribution in [3.05, 3.63) is 118 Å². The van der Waals surface area contributed by atoms with E-state index in [9.17, 15) is 18.0 Å². The maximum Gasteiger partial charge on any atom is 0.263 e. The molecular formula is C31H35F3N6O. The highest BCUT2D eigenvalue weighted by Crippen LogP contribution is 2.32. The molecule has 1 aliphatic rings. The first-order valence-electron chi connectivity index (χ1n) is 13.3. The van der Waals surface area contributed by atoms with E-state index < -0.39 is 5.56 Å². The van der Waals surface area contributed by atoms with E-state index in [1.807, 2.05) is 32.8 Å². The topological polar surface area (TPSA) is 88.1 Å². The number of halogens is 3. The predicted octanol–water partition coefficient (Wildman–Crippen LogP) is 6.18. The number of anilines is 3. The van der Waals surface area contributed by atoms with Crippen molar-refractivity contribution in [3.8, 4) is 0 Å². The Balaban J connectivity index is 0.000000443. The average molecular weight is 565 g/mol. The standard InChI is InChI=1S/C23H24F2N6O.C6H5F.C2H6/c1-30(2)20-13-31(12-19(20)14-3-5-15(24)6-4-14)23-28-21(18(11-26)22(32)29-23)27-17-9-7-16(25)8-10-17;7-6-4-2-1-3-5-6;1-2/h3-11,19-20,26H,12-13H2,1-2H3,(H2,27,28,29,32);1-5H;1-2H3. The molecule has 1 aromatic heterocycles. The summed E-state index contributed by atoms with van der Waals surface area (Å²) in [6, 6.07) is 20.2. The molecule has 0 saturated carbocycles. The quantitative estimate of drug-likeness (QED) is 0.244. The zero-order valence-electron chi connectivity index (χ0n) is 23.5. The number of aromatic amines is 1. The van der Waals surface area contributed by atoms with E-state index in [-0.39, 0.29) is 40.8 Å². The summed E-state index contributed by atoms with van der Waals surface area (Å²) in [6.45, 7) is 5.19. The van der Waals surface area contributed by atoms with E-state index in [1.54, 1.807) is 30.3 Å². The second-order valence-electron chi connectivity index (χ2n) is 9.32. The van der Waals surface area contributed by atoms with Crippen LogP contribution in [0.4, 0.5) is 30.6 Å². The molecule has 41 heavy (non-hydrogen) atoms. The Morgan fingerprint density at radius 2 is 1.46 bits per heavy atom. The number of nitrogens with zero attached hydrogens (tertiary/aromatic N) is 3. The van der Waals surface area contributed by atoms with E-state index in [0.29, 0.717) is 24.7 Å². The molecule has 216 valence electrons. The fourth-order valence-electron chi connectivity index (χ4n) is 4.45. The highest BCUT2D eigenvalue weighted by atomic mass is 19.1. The predicted molar refractivity (Wildman–Crippen MR) is 159 cm³/mol. The van der Waals surface area contributed by atoms with Crippen LogP contribution in [0.3, 0.4) is 0 Å². The second kappa shape index (κ2) is 14.8. The summed E-state index contributed by atoms with van der Waals surface area (Å²) in [5.74, 6) is -0.149. The molecule has 10 heteroatoms. The van der Waals surface area contributed by atoms with Gasteiger partial charge in [-0.25, -0.2) is 13.2 Å². The van der Waals surface area contributed by atoms with Crippen LogP contribution in [-0.2, 0) is 0 Å². The van der Waals surface area contributed by atoms with Gasteiger partial charge in [-0.2, -0.15) is 4.98 Å². The monoisotopic (exact) mass is 564 g/mol. The van der Waals surface area contributed by atoms with Gasteiger partial charge in [0.05, 0.1) is 0 Å². The Bertz CT molecular complexity index is 1440. The minimum Gasteiger partial charge on any atom is -0.340 e. The zero-order chi connectivity index (χ0) is 29.9. The van der Waals surface area contributed by atoms with Crippen molar-refractivity contribution in [2.75, 3.05) is 37.4 Å². The summed E-state index contributed by atoms with van der Waals surface area (Å²) in [5.41, 5.74) is 1.20. The third kappa shape index (κ3) is 8.28. The fourth-order valence-corrected chi connectivity index (χ4v) is 4.45. The van der Waals surface area contributed by atoms with Gasteiger partial charge in [-0.05, 0) is 68.2 Å². The Morgan fingerprint density at radius 3 is 1.98 bits per heavy atom. The summed E-state index contributed by atoms with van der Waals surface area (Å²) in [5, 5.41) is 10.6. The third-order valence-corrected chi connectivity index (χ3v) is 6.48. The van der Waals surface area contributed by atoms with Crippen LogP contribution < -0.4 is 15.8 Å². The molecule has 7 nitrogen and oxygen atoms in total. The molecule has 2 atom stereocenters. The Hall–Kier alpha value is -4.44. The number of hydrogen-bond acceptors (Lipinski definition) is 6. The highest BCUT2D eigenvalue weighted by molar-refractivity contribution is 5.85. The minimum absolute atomic E-state index is 0.0801. The summed E-state index contributed by atoms with van der Waals surface area (Å²) in [6.07, 6.45) is 0.940. The molecule has 0 spiro atoms. The van der Waals surface area contributed by atoms with Crippen molar-refractivity contribution >= 4 is 23.7 Å². The summed E-state index contributed by atoms with van der Waals surface area (Å²) in [7, 11) is 3.97. The van der Waals surface area contributed by atoms with E-state index in [0.717, 1.165) is 11.8 Å². The molecule has 5 rings (SSSR count). The highest BCUT2D eigenvalue weighted by Gasteiger charge is 2.36. The van der Waals surface area contributed by atoms with Crippen LogP contribution in [0.1, 0.15) is 30.9 Å². The minimum atomic E-state index is -0.443. The van der Waals surface area contributed by atoms with Gasteiger partial charge in [0.2, 0.25) is 5.95 Å². The van der Waals surface area contributed by atoms with Gasteiger partial charge >= 0.3 is 0 Å². The van der Waals surface area contributed by atoms with Gasteiger partial charge in [-0.3, -0.25) is 9.78 Å². The lowest BCUT2D eigenvalue weighted by Crippen LogP contribution is -2.35. The normalized spacial score (nSPS) is 15.9. The number of nitrogens with one attached hydrogen (secondary N) is 3. The van der Waals surface area contributed by atoms with Crippen molar-refractivity contribution in [3.63, 3.8) is 0 Å². The van der Waals surface area contributed by atoms with Crippen molar-refractivity contribution < 1.29 is 13.2 Å². The largest absolute Gasteiger partial charge is 0.340 e. The van der Waals surface area contributed by atoms with Crippen LogP contribution in [-0.4, -0.2) is 54.3 Å². The van der Waals surface area contributed by atoms with Crippen LogP contribution >= 0.6 is 0 Å². The molecule has 2 heterocycles. The summed E-state index contributed by atoms with van der Waals surface area (Å²) >= 11 is 0.